The maximum atomic E-state index is 12.7. The van der Waals surface area contributed by atoms with Crippen molar-refractivity contribution in [2.45, 2.75) is 13.3 Å². The number of thiol groups is 1. The molecule has 0 aliphatic carbocycles. The fraction of sp³-hybridized carbons (Fsp3) is 0.125. The number of aromatic nitrogens is 3. The van der Waals surface area contributed by atoms with Gasteiger partial charge in [-0.2, -0.15) is 5.10 Å². The van der Waals surface area contributed by atoms with E-state index in [1.165, 1.54) is 12.4 Å². The number of fused-ring (bicyclic) bond motifs is 1. The van der Waals surface area contributed by atoms with E-state index in [0.717, 1.165) is 5.69 Å². The first-order chi connectivity index (χ1) is 11.4. The molecule has 24 heavy (non-hydrogen) atoms. The molecule has 0 spiro atoms. The minimum atomic E-state index is -0.461. The number of ketones is 1. The van der Waals surface area contributed by atoms with Crippen LogP contribution >= 0.6 is 35.8 Å². The van der Waals surface area contributed by atoms with Crippen molar-refractivity contribution in [3.63, 3.8) is 0 Å². The third-order valence-corrected chi connectivity index (χ3v) is 4.50. The van der Waals surface area contributed by atoms with Gasteiger partial charge in [0.05, 0.1) is 15.6 Å². The standard InChI is InChI=1S/C16H11Cl2N3O2S/c1-8-2-3-9(14-5-13(16(23)24)20-21(8)14)15(22)4-10-11(17)6-19-7-12(10)18/h2-3,5-7H,4H2,1H3,(H,23,24). The summed E-state index contributed by atoms with van der Waals surface area (Å²) in [5.41, 5.74) is 2.46. The summed E-state index contributed by atoms with van der Waals surface area (Å²) in [6.07, 6.45) is 2.91. The zero-order valence-electron chi connectivity index (χ0n) is 12.5. The summed E-state index contributed by atoms with van der Waals surface area (Å²) in [6, 6.07) is 5.01. The number of rotatable bonds is 4. The highest BCUT2D eigenvalue weighted by molar-refractivity contribution is 7.97. The second-order valence-electron chi connectivity index (χ2n) is 5.20. The Kier molecular flexibility index (Phi) is 4.62. The van der Waals surface area contributed by atoms with Gasteiger partial charge in [-0.3, -0.25) is 14.6 Å². The maximum Gasteiger partial charge on any atom is 0.236 e. The predicted molar refractivity (Wildman–Crippen MR) is 95.5 cm³/mol. The van der Waals surface area contributed by atoms with E-state index >= 15 is 0 Å². The Morgan fingerprint density at radius 2 is 1.88 bits per heavy atom. The Labute approximate surface area is 153 Å². The first-order valence-corrected chi connectivity index (χ1v) is 8.12. The molecule has 0 bridgehead atoms. The molecule has 3 aromatic heterocycles. The largest absolute Gasteiger partial charge is 0.294 e. The van der Waals surface area contributed by atoms with Crippen molar-refractivity contribution in [1.29, 1.82) is 0 Å². The highest BCUT2D eigenvalue weighted by Crippen LogP contribution is 2.26. The van der Waals surface area contributed by atoms with Gasteiger partial charge in [0.15, 0.2) is 5.78 Å². The number of hydrogen-bond donors (Lipinski definition) is 1. The van der Waals surface area contributed by atoms with Gasteiger partial charge in [-0.05, 0) is 25.1 Å². The third kappa shape index (κ3) is 3.05. The first kappa shape index (κ1) is 17.0. The molecule has 0 atom stereocenters. The number of hydrogen-bond acceptors (Lipinski definition) is 4. The topological polar surface area (TPSA) is 64.3 Å². The molecule has 0 radical (unpaired) electrons. The zero-order valence-corrected chi connectivity index (χ0v) is 14.9. The number of pyridine rings is 2. The molecule has 0 saturated heterocycles. The minimum absolute atomic E-state index is 0.0221. The van der Waals surface area contributed by atoms with Crippen LogP contribution in [0.15, 0.2) is 30.6 Å². The van der Waals surface area contributed by atoms with Gasteiger partial charge in [0.2, 0.25) is 5.12 Å². The van der Waals surface area contributed by atoms with Crippen molar-refractivity contribution in [3.8, 4) is 0 Å². The molecule has 122 valence electrons. The van der Waals surface area contributed by atoms with E-state index in [-0.39, 0.29) is 17.9 Å². The molecule has 0 N–H and O–H groups in total. The van der Waals surface area contributed by atoms with Gasteiger partial charge in [-0.1, -0.05) is 35.8 Å². The van der Waals surface area contributed by atoms with Gasteiger partial charge in [0.25, 0.3) is 0 Å². The Morgan fingerprint density at radius 1 is 1.21 bits per heavy atom. The Bertz CT molecular complexity index is 965. The number of Topliss-reactive ketones (excluding diaryl/α,β-unsaturated/α-hetero) is 1. The summed E-state index contributed by atoms with van der Waals surface area (Å²) >= 11 is 15.9. The minimum Gasteiger partial charge on any atom is -0.294 e. The van der Waals surface area contributed by atoms with Crippen LogP contribution in [0.2, 0.25) is 10.0 Å². The zero-order chi connectivity index (χ0) is 17.4. The van der Waals surface area contributed by atoms with Crippen LogP contribution in [0.1, 0.15) is 32.1 Å². The maximum absolute atomic E-state index is 12.7. The van der Waals surface area contributed by atoms with Gasteiger partial charge < -0.3 is 0 Å². The van der Waals surface area contributed by atoms with Gasteiger partial charge in [-0.25, -0.2) is 4.52 Å². The molecule has 3 rings (SSSR count). The molecule has 0 fully saturated rings. The molecule has 0 unspecified atom stereocenters. The molecule has 0 aliphatic rings. The van der Waals surface area contributed by atoms with Crippen molar-refractivity contribution >= 4 is 52.2 Å². The molecule has 0 aromatic carbocycles. The lowest BCUT2D eigenvalue weighted by Gasteiger charge is -2.08. The Morgan fingerprint density at radius 3 is 2.50 bits per heavy atom. The first-order valence-electron chi connectivity index (χ1n) is 6.92. The van der Waals surface area contributed by atoms with Gasteiger partial charge in [-0.15, -0.1) is 0 Å². The van der Waals surface area contributed by atoms with Crippen LogP contribution in [-0.2, 0) is 6.42 Å². The summed E-state index contributed by atoms with van der Waals surface area (Å²) in [5.74, 6) is -0.187. The average molecular weight is 380 g/mol. The number of carbonyl (C=O) groups is 2. The van der Waals surface area contributed by atoms with Gasteiger partial charge in [0.1, 0.15) is 5.69 Å². The Balaban J connectivity index is 2.07. The quantitative estimate of drug-likeness (QED) is 0.552. The van der Waals surface area contributed by atoms with Crippen molar-refractivity contribution in [3.05, 3.63) is 63.2 Å². The summed E-state index contributed by atoms with van der Waals surface area (Å²) in [7, 11) is 0. The molecule has 0 aliphatic heterocycles. The molecule has 0 saturated carbocycles. The fourth-order valence-electron chi connectivity index (χ4n) is 2.40. The molecule has 5 nitrogen and oxygen atoms in total. The molecule has 3 heterocycles. The van der Waals surface area contributed by atoms with E-state index in [9.17, 15) is 9.59 Å². The number of carbonyl (C=O) groups excluding carboxylic acids is 2. The van der Waals surface area contributed by atoms with Crippen LogP contribution < -0.4 is 0 Å². The van der Waals surface area contributed by atoms with E-state index in [2.05, 4.69) is 22.7 Å². The summed E-state index contributed by atoms with van der Waals surface area (Å²) in [6.45, 7) is 1.83. The number of halogens is 2. The van der Waals surface area contributed by atoms with Crippen LogP contribution in [-0.4, -0.2) is 25.5 Å². The van der Waals surface area contributed by atoms with E-state index in [4.69, 9.17) is 23.2 Å². The summed E-state index contributed by atoms with van der Waals surface area (Å²) in [4.78, 5) is 28.1. The average Bonchev–Trinajstić information content (AvgIpc) is 2.97. The lowest BCUT2D eigenvalue weighted by Crippen LogP contribution is -2.08. The third-order valence-electron chi connectivity index (χ3n) is 3.62. The molecule has 0 amide bonds. The van der Waals surface area contributed by atoms with E-state index in [0.29, 0.717) is 26.7 Å². The number of nitrogens with zero attached hydrogens (tertiary/aromatic N) is 3. The van der Waals surface area contributed by atoms with Gasteiger partial charge in [0, 0.05) is 35.6 Å². The van der Waals surface area contributed by atoms with Gasteiger partial charge >= 0.3 is 0 Å². The summed E-state index contributed by atoms with van der Waals surface area (Å²) < 4.78 is 1.55. The molecule has 8 heteroatoms. The highest BCUT2D eigenvalue weighted by atomic mass is 35.5. The molecule has 3 aromatic rings. The lowest BCUT2D eigenvalue weighted by atomic mass is 10.0. The summed E-state index contributed by atoms with van der Waals surface area (Å²) in [5, 5.41) is 4.38. The normalized spacial score (nSPS) is 11.0. The molecular formula is C16H11Cl2N3O2S. The second kappa shape index (κ2) is 6.55. The van der Waals surface area contributed by atoms with Crippen molar-refractivity contribution in [2.24, 2.45) is 0 Å². The van der Waals surface area contributed by atoms with Crippen LogP contribution in [0.4, 0.5) is 0 Å². The smallest absolute Gasteiger partial charge is 0.236 e. The SMILES string of the molecule is Cc1ccc(C(=O)Cc2c(Cl)cncc2Cl)c2cc(C(=O)S)nn12. The van der Waals surface area contributed by atoms with Crippen molar-refractivity contribution < 1.29 is 9.59 Å². The monoisotopic (exact) mass is 379 g/mol. The van der Waals surface area contributed by atoms with E-state index in [1.807, 2.05) is 6.92 Å². The van der Waals surface area contributed by atoms with Crippen LogP contribution in [0.5, 0.6) is 0 Å². The lowest BCUT2D eigenvalue weighted by molar-refractivity contribution is 0.0993. The second-order valence-corrected chi connectivity index (χ2v) is 6.42. The van der Waals surface area contributed by atoms with Crippen LogP contribution in [0, 0.1) is 6.92 Å². The van der Waals surface area contributed by atoms with Crippen molar-refractivity contribution in [1.82, 2.24) is 14.6 Å². The highest BCUT2D eigenvalue weighted by Gasteiger charge is 2.18. The van der Waals surface area contributed by atoms with E-state index < -0.39 is 5.12 Å². The van der Waals surface area contributed by atoms with Crippen LogP contribution in [0.25, 0.3) is 5.52 Å². The van der Waals surface area contributed by atoms with E-state index in [1.54, 1.807) is 22.7 Å². The Hall–Kier alpha value is -1.89. The molecular weight excluding hydrogens is 369 g/mol. The fourth-order valence-corrected chi connectivity index (χ4v) is 3.01. The van der Waals surface area contributed by atoms with Crippen LogP contribution in [0.3, 0.4) is 0 Å². The number of aryl methyl sites for hydroxylation is 1. The van der Waals surface area contributed by atoms with Crippen molar-refractivity contribution in [2.75, 3.05) is 0 Å². The predicted octanol–water partition coefficient (Wildman–Crippen LogP) is 3.84.